The number of benzene rings is 1. The second-order valence-corrected chi connectivity index (χ2v) is 5.97. The van der Waals surface area contributed by atoms with Gasteiger partial charge in [0.15, 0.2) is 12.4 Å². The number of methoxy groups -OCH3 is 1. The SMILES string of the molecule is COCC1(CNC(=O)COc2ccccc2[N+](=O)[O-])CCNCC1. The fraction of sp³-hybridized carbons (Fsp3) is 0.562. The maximum atomic E-state index is 12.0. The summed E-state index contributed by atoms with van der Waals surface area (Å²) in [5.41, 5.74) is -0.228. The predicted molar refractivity (Wildman–Crippen MR) is 88.0 cm³/mol. The van der Waals surface area contributed by atoms with Crippen LogP contribution in [0.15, 0.2) is 24.3 Å². The third kappa shape index (κ3) is 4.90. The van der Waals surface area contributed by atoms with Crippen molar-refractivity contribution < 1.29 is 19.2 Å². The van der Waals surface area contributed by atoms with Crippen LogP contribution in [0.1, 0.15) is 12.8 Å². The molecule has 0 radical (unpaired) electrons. The summed E-state index contributed by atoms with van der Waals surface area (Å²) in [6, 6.07) is 6.00. The van der Waals surface area contributed by atoms with Crippen LogP contribution in [0, 0.1) is 15.5 Å². The van der Waals surface area contributed by atoms with E-state index in [4.69, 9.17) is 9.47 Å². The van der Waals surface area contributed by atoms with E-state index in [9.17, 15) is 14.9 Å². The number of amides is 1. The summed E-state index contributed by atoms with van der Waals surface area (Å²) in [6.45, 7) is 2.62. The zero-order valence-corrected chi connectivity index (χ0v) is 13.7. The lowest BCUT2D eigenvalue weighted by Gasteiger charge is -2.37. The number of rotatable bonds is 8. The number of nitrogens with one attached hydrogen (secondary N) is 2. The highest BCUT2D eigenvalue weighted by Gasteiger charge is 2.32. The van der Waals surface area contributed by atoms with Crippen LogP contribution >= 0.6 is 0 Å². The highest BCUT2D eigenvalue weighted by atomic mass is 16.6. The topological polar surface area (TPSA) is 103 Å². The van der Waals surface area contributed by atoms with Gasteiger partial charge in [0.05, 0.1) is 11.5 Å². The van der Waals surface area contributed by atoms with Crippen molar-refractivity contribution >= 4 is 11.6 Å². The number of carbonyl (C=O) groups is 1. The number of piperidine rings is 1. The van der Waals surface area contributed by atoms with Crippen molar-refractivity contribution in [3.05, 3.63) is 34.4 Å². The first kappa shape index (κ1) is 18.2. The highest BCUT2D eigenvalue weighted by Crippen LogP contribution is 2.28. The number of hydrogen-bond acceptors (Lipinski definition) is 6. The Morgan fingerprint density at radius 1 is 1.38 bits per heavy atom. The molecule has 24 heavy (non-hydrogen) atoms. The highest BCUT2D eigenvalue weighted by molar-refractivity contribution is 5.77. The second-order valence-electron chi connectivity index (χ2n) is 5.97. The maximum Gasteiger partial charge on any atom is 0.310 e. The number of para-hydroxylation sites is 2. The van der Waals surface area contributed by atoms with E-state index in [0.29, 0.717) is 13.2 Å². The van der Waals surface area contributed by atoms with Crippen LogP contribution in [0.2, 0.25) is 0 Å². The van der Waals surface area contributed by atoms with E-state index in [1.54, 1.807) is 19.2 Å². The van der Waals surface area contributed by atoms with Gasteiger partial charge >= 0.3 is 5.69 Å². The Hall–Kier alpha value is -2.19. The fourth-order valence-electron chi connectivity index (χ4n) is 2.85. The molecule has 0 aromatic heterocycles. The van der Waals surface area contributed by atoms with E-state index in [0.717, 1.165) is 25.9 Å². The van der Waals surface area contributed by atoms with E-state index in [1.807, 2.05) is 0 Å². The molecule has 1 aliphatic rings. The number of nitrogens with zero attached hydrogens (tertiary/aromatic N) is 1. The van der Waals surface area contributed by atoms with Crippen LogP contribution in [0.4, 0.5) is 5.69 Å². The molecule has 1 saturated heterocycles. The van der Waals surface area contributed by atoms with Crippen LogP contribution in [-0.4, -0.2) is 50.8 Å². The first-order valence-corrected chi connectivity index (χ1v) is 7.89. The zero-order chi connectivity index (χ0) is 17.4. The Kier molecular flexibility index (Phi) is 6.51. The second kappa shape index (κ2) is 8.60. The number of nitro groups is 1. The van der Waals surface area contributed by atoms with Gasteiger partial charge in [0, 0.05) is 25.1 Å². The van der Waals surface area contributed by atoms with Gasteiger partial charge in [0.25, 0.3) is 5.91 Å². The molecule has 0 spiro atoms. The maximum absolute atomic E-state index is 12.0. The van der Waals surface area contributed by atoms with E-state index in [2.05, 4.69) is 10.6 Å². The fourth-order valence-corrected chi connectivity index (χ4v) is 2.85. The molecular formula is C16H23N3O5. The summed E-state index contributed by atoms with van der Waals surface area (Å²) in [5, 5.41) is 17.1. The van der Waals surface area contributed by atoms with Crippen molar-refractivity contribution in [3.8, 4) is 5.75 Å². The van der Waals surface area contributed by atoms with Gasteiger partial charge < -0.3 is 20.1 Å². The van der Waals surface area contributed by atoms with Gasteiger partial charge in [-0.2, -0.15) is 0 Å². The van der Waals surface area contributed by atoms with Crippen molar-refractivity contribution in [1.82, 2.24) is 10.6 Å². The standard InChI is InChI=1S/C16H23N3O5/c1-23-12-16(6-8-17-9-7-16)11-18-15(20)10-24-14-5-3-2-4-13(14)19(21)22/h2-5,17H,6-12H2,1H3,(H,18,20). The minimum Gasteiger partial charge on any atom is -0.477 e. The summed E-state index contributed by atoms with van der Waals surface area (Å²) < 4.78 is 10.6. The minimum atomic E-state index is -0.532. The van der Waals surface area contributed by atoms with Crippen LogP contribution in [0.5, 0.6) is 5.75 Å². The first-order chi connectivity index (χ1) is 11.6. The summed E-state index contributed by atoms with van der Waals surface area (Å²) in [6.07, 6.45) is 1.85. The van der Waals surface area contributed by atoms with E-state index in [-0.39, 0.29) is 29.4 Å². The zero-order valence-electron chi connectivity index (χ0n) is 13.7. The summed E-state index contributed by atoms with van der Waals surface area (Å²) >= 11 is 0. The summed E-state index contributed by atoms with van der Waals surface area (Å²) in [4.78, 5) is 22.4. The molecule has 132 valence electrons. The van der Waals surface area contributed by atoms with Gasteiger partial charge in [0.2, 0.25) is 0 Å². The molecule has 1 fully saturated rings. The van der Waals surface area contributed by atoms with Crippen molar-refractivity contribution in [2.75, 3.05) is 40.0 Å². The average molecular weight is 337 g/mol. The molecule has 0 atom stereocenters. The van der Waals surface area contributed by atoms with Crippen molar-refractivity contribution in [2.45, 2.75) is 12.8 Å². The van der Waals surface area contributed by atoms with Gasteiger partial charge in [-0.05, 0) is 32.0 Å². The van der Waals surface area contributed by atoms with Crippen molar-refractivity contribution in [1.29, 1.82) is 0 Å². The van der Waals surface area contributed by atoms with Crippen LogP contribution < -0.4 is 15.4 Å². The van der Waals surface area contributed by atoms with Crippen molar-refractivity contribution in [3.63, 3.8) is 0 Å². The quantitative estimate of drug-likeness (QED) is 0.544. The summed E-state index contributed by atoms with van der Waals surface area (Å²) in [7, 11) is 1.66. The van der Waals surface area contributed by atoms with Crippen molar-refractivity contribution in [2.24, 2.45) is 5.41 Å². The summed E-state index contributed by atoms with van der Waals surface area (Å²) in [5.74, 6) is -0.215. The molecule has 0 bridgehead atoms. The lowest BCUT2D eigenvalue weighted by Crippen LogP contribution is -2.47. The Morgan fingerprint density at radius 2 is 2.08 bits per heavy atom. The molecule has 2 N–H and O–H groups in total. The molecule has 0 unspecified atom stereocenters. The Bertz CT molecular complexity index is 567. The molecule has 1 heterocycles. The average Bonchev–Trinajstić information content (AvgIpc) is 2.59. The Morgan fingerprint density at radius 3 is 2.75 bits per heavy atom. The third-order valence-corrected chi connectivity index (χ3v) is 4.20. The molecule has 0 saturated carbocycles. The largest absolute Gasteiger partial charge is 0.477 e. The van der Waals surface area contributed by atoms with Gasteiger partial charge in [-0.3, -0.25) is 14.9 Å². The molecule has 8 nitrogen and oxygen atoms in total. The molecule has 1 aromatic rings. The molecule has 8 heteroatoms. The molecule has 1 aliphatic heterocycles. The molecular weight excluding hydrogens is 314 g/mol. The smallest absolute Gasteiger partial charge is 0.310 e. The predicted octanol–water partition coefficient (Wildman–Crippen LogP) is 1.11. The minimum absolute atomic E-state index is 0.0750. The van der Waals surface area contributed by atoms with Gasteiger partial charge in [-0.15, -0.1) is 0 Å². The van der Waals surface area contributed by atoms with E-state index >= 15 is 0 Å². The lowest BCUT2D eigenvalue weighted by atomic mass is 9.79. The van der Waals surface area contributed by atoms with Crippen LogP contribution in [-0.2, 0) is 9.53 Å². The number of nitro benzene ring substituents is 1. The van der Waals surface area contributed by atoms with E-state index in [1.165, 1.54) is 12.1 Å². The Labute approximate surface area is 140 Å². The number of carbonyl (C=O) groups excluding carboxylic acids is 1. The van der Waals surface area contributed by atoms with E-state index < -0.39 is 4.92 Å². The van der Waals surface area contributed by atoms with Gasteiger partial charge in [-0.1, -0.05) is 12.1 Å². The van der Waals surface area contributed by atoms with Gasteiger partial charge in [0.1, 0.15) is 0 Å². The monoisotopic (exact) mass is 337 g/mol. The number of ether oxygens (including phenoxy) is 2. The van der Waals surface area contributed by atoms with Crippen LogP contribution in [0.25, 0.3) is 0 Å². The third-order valence-electron chi connectivity index (χ3n) is 4.20. The first-order valence-electron chi connectivity index (χ1n) is 7.89. The Balaban J connectivity index is 1.86. The number of hydrogen-bond donors (Lipinski definition) is 2. The normalized spacial score (nSPS) is 16.4. The molecule has 1 aromatic carbocycles. The molecule has 1 amide bonds. The molecule has 2 rings (SSSR count). The van der Waals surface area contributed by atoms with Gasteiger partial charge in [-0.25, -0.2) is 0 Å². The van der Waals surface area contributed by atoms with Crippen LogP contribution in [0.3, 0.4) is 0 Å². The lowest BCUT2D eigenvalue weighted by molar-refractivity contribution is -0.385. The molecule has 0 aliphatic carbocycles.